The van der Waals surface area contributed by atoms with Gasteiger partial charge in [-0.3, -0.25) is 0 Å². The second-order valence-electron chi connectivity index (χ2n) is 0.575. The zero-order valence-electron chi connectivity index (χ0n) is 5.13. The SMILES string of the molecule is O.O=C([O-])C(=O)[O-].[Li+].[Li+]. The molecule has 9 heavy (non-hydrogen) atoms. The molecule has 0 aliphatic carbocycles. The number of carboxylic acids is 2. The molecule has 5 nitrogen and oxygen atoms in total. The van der Waals surface area contributed by atoms with Gasteiger partial charge in [0.15, 0.2) is 0 Å². The number of hydrogen-bond acceptors (Lipinski definition) is 4. The van der Waals surface area contributed by atoms with Crippen molar-refractivity contribution in [3.63, 3.8) is 0 Å². The Morgan fingerprint density at radius 3 is 1.00 bits per heavy atom. The predicted molar refractivity (Wildman–Crippen MR) is 13.6 cm³/mol. The van der Waals surface area contributed by atoms with E-state index in [2.05, 4.69) is 0 Å². The van der Waals surface area contributed by atoms with Crippen molar-refractivity contribution in [3.8, 4) is 0 Å². The summed E-state index contributed by atoms with van der Waals surface area (Å²) in [5, 5.41) is 17.9. The Balaban J connectivity index is -0.0000000417. The van der Waals surface area contributed by atoms with Gasteiger partial charge in [-0.1, -0.05) is 0 Å². The summed E-state index contributed by atoms with van der Waals surface area (Å²) in [6.45, 7) is 0. The first kappa shape index (κ1) is 23.0. The number of carbonyl (C=O) groups excluding carboxylic acids is 2. The molecule has 0 aromatic carbocycles. The number of aliphatic carboxylic acids is 2. The van der Waals surface area contributed by atoms with Crippen LogP contribution in [0.15, 0.2) is 0 Å². The molecular formula is C2H2Li2O5. The molecule has 0 aliphatic rings. The normalized spacial score (nSPS) is 4.89. The summed E-state index contributed by atoms with van der Waals surface area (Å²) < 4.78 is 0. The number of hydrogen-bond donors (Lipinski definition) is 0. The smallest absolute Gasteiger partial charge is 0.543 e. The fourth-order valence-electron chi connectivity index (χ4n) is 0. The summed E-state index contributed by atoms with van der Waals surface area (Å²) in [4.78, 5) is 17.9. The van der Waals surface area contributed by atoms with Crippen LogP contribution in [-0.2, 0) is 9.59 Å². The summed E-state index contributed by atoms with van der Waals surface area (Å²) >= 11 is 0. The van der Waals surface area contributed by atoms with Crippen molar-refractivity contribution in [2.75, 3.05) is 0 Å². The van der Waals surface area contributed by atoms with Crippen LogP contribution in [0.25, 0.3) is 0 Å². The Labute approximate surface area is 75.1 Å². The van der Waals surface area contributed by atoms with Gasteiger partial charge < -0.3 is 25.3 Å². The average molecular weight is 120 g/mol. The van der Waals surface area contributed by atoms with Crippen molar-refractivity contribution < 1.29 is 63.0 Å². The summed E-state index contributed by atoms with van der Waals surface area (Å²) in [5.74, 6) is -4.37. The molecule has 0 radical (unpaired) electrons. The zero-order valence-corrected chi connectivity index (χ0v) is 5.13. The molecule has 0 fully saturated rings. The maximum atomic E-state index is 8.93. The van der Waals surface area contributed by atoms with E-state index in [0.717, 1.165) is 0 Å². The Bertz CT molecular complexity index is 79.0. The molecule has 0 heterocycles. The van der Waals surface area contributed by atoms with E-state index >= 15 is 0 Å². The maximum absolute atomic E-state index is 8.93. The zero-order chi connectivity index (χ0) is 5.15. The third-order valence-corrected chi connectivity index (χ3v) is 0.167. The first-order valence-corrected chi connectivity index (χ1v) is 1.07. The van der Waals surface area contributed by atoms with Crippen LogP contribution in [0, 0.1) is 0 Å². The van der Waals surface area contributed by atoms with E-state index in [1.54, 1.807) is 0 Å². The van der Waals surface area contributed by atoms with Gasteiger partial charge >= 0.3 is 37.7 Å². The van der Waals surface area contributed by atoms with Gasteiger partial charge in [-0.25, -0.2) is 0 Å². The number of carbonyl (C=O) groups is 2. The van der Waals surface area contributed by atoms with E-state index in [1.165, 1.54) is 0 Å². The fourth-order valence-corrected chi connectivity index (χ4v) is 0. The van der Waals surface area contributed by atoms with Gasteiger partial charge in [0.25, 0.3) is 0 Å². The molecular weight excluding hydrogens is 118 g/mol. The van der Waals surface area contributed by atoms with Crippen molar-refractivity contribution in [3.05, 3.63) is 0 Å². The van der Waals surface area contributed by atoms with Gasteiger partial charge in [0.05, 0.1) is 11.9 Å². The summed E-state index contributed by atoms with van der Waals surface area (Å²) in [6, 6.07) is 0. The third kappa shape index (κ3) is 17.9. The molecule has 0 aromatic heterocycles. The molecule has 7 heteroatoms. The van der Waals surface area contributed by atoms with E-state index in [1.807, 2.05) is 0 Å². The molecule has 0 bridgehead atoms. The van der Waals surface area contributed by atoms with Crippen LogP contribution in [0.3, 0.4) is 0 Å². The molecule has 0 saturated heterocycles. The summed E-state index contributed by atoms with van der Waals surface area (Å²) in [5.41, 5.74) is 0. The Kier molecular flexibility index (Phi) is 28.0. The molecule has 0 aliphatic heterocycles. The minimum absolute atomic E-state index is 0. The predicted octanol–water partition coefficient (Wildman–Crippen LogP) is -10.3. The summed E-state index contributed by atoms with van der Waals surface area (Å²) in [6.07, 6.45) is 0. The Hall–Kier alpha value is 0.0948. The molecule has 0 amide bonds. The Morgan fingerprint density at radius 1 is 0.889 bits per heavy atom. The van der Waals surface area contributed by atoms with Crippen molar-refractivity contribution in [2.24, 2.45) is 0 Å². The standard InChI is InChI=1S/C2H2O4.2Li.H2O/c3-1(4)2(5)6;;;/h(H,3,4)(H,5,6);;;1H2/q;2*+1;/p-2. The molecule has 0 aromatic rings. The van der Waals surface area contributed by atoms with E-state index in [-0.39, 0.29) is 43.2 Å². The first-order chi connectivity index (χ1) is 2.64. The van der Waals surface area contributed by atoms with Crippen LogP contribution < -0.4 is 47.9 Å². The topological polar surface area (TPSA) is 112 Å². The van der Waals surface area contributed by atoms with Crippen LogP contribution in [0.5, 0.6) is 0 Å². The average Bonchev–Trinajstić information content (AvgIpc) is 1.36. The van der Waals surface area contributed by atoms with Crippen molar-refractivity contribution in [1.29, 1.82) is 0 Å². The molecule has 0 atom stereocenters. The van der Waals surface area contributed by atoms with Crippen molar-refractivity contribution in [2.45, 2.75) is 0 Å². The van der Waals surface area contributed by atoms with E-state index in [9.17, 15) is 0 Å². The molecule has 0 saturated carbocycles. The van der Waals surface area contributed by atoms with Crippen LogP contribution >= 0.6 is 0 Å². The van der Waals surface area contributed by atoms with Crippen LogP contribution in [-0.4, -0.2) is 17.4 Å². The van der Waals surface area contributed by atoms with Gasteiger partial charge in [0, 0.05) is 0 Å². The van der Waals surface area contributed by atoms with Crippen molar-refractivity contribution in [1.82, 2.24) is 0 Å². The van der Waals surface area contributed by atoms with Gasteiger partial charge in [0.1, 0.15) is 0 Å². The number of carboxylic acid groups (broad SMARTS) is 2. The first-order valence-electron chi connectivity index (χ1n) is 1.07. The van der Waals surface area contributed by atoms with Gasteiger partial charge in [-0.2, -0.15) is 0 Å². The largest absolute Gasteiger partial charge is 1.00 e. The van der Waals surface area contributed by atoms with Crippen LogP contribution in [0.4, 0.5) is 0 Å². The summed E-state index contributed by atoms with van der Waals surface area (Å²) in [7, 11) is 0. The molecule has 42 valence electrons. The molecule has 0 unspecified atom stereocenters. The van der Waals surface area contributed by atoms with E-state index in [4.69, 9.17) is 19.8 Å². The minimum atomic E-state index is -2.19. The van der Waals surface area contributed by atoms with Gasteiger partial charge in [0.2, 0.25) is 0 Å². The second-order valence-corrected chi connectivity index (χ2v) is 0.575. The van der Waals surface area contributed by atoms with Crippen molar-refractivity contribution >= 4 is 11.9 Å². The maximum Gasteiger partial charge on any atom is 1.00 e. The quantitative estimate of drug-likeness (QED) is 0.233. The van der Waals surface area contributed by atoms with E-state index < -0.39 is 11.9 Å². The van der Waals surface area contributed by atoms with E-state index in [0.29, 0.717) is 0 Å². The fraction of sp³-hybridized carbons (Fsp3) is 0. The molecule has 0 spiro atoms. The monoisotopic (exact) mass is 120 g/mol. The molecule has 2 N–H and O–H groups in total. The number of rotatable bonds is 0. The molecule has 0 rings (SSSR count). The minimum Gasteiger partial charge on any atom is -0.543 e. The van der Waals surface area contributed by atoms with Gasteiger partial charge in [-0.05, 0) is 0 Å². The second kappa shape index (κ2) is 11.0. The Morgan fingerprint density at radius 2 is 1.00 bits per heavy atom. The third-order valence-electron chi connectivity index (χ3n) is 0.167. The van der Waals surface area contributed by atoms with Crippen LogP contribution in [0.2, 0.25) is 0 Å². The van der Waals surface area contributed by atoms with Crippen LogP contribution in [0.1, 0.15) is 0 Å². The van der Waals surface area contributed by atoms with Gasteiger partial charge in [-0.15, -0.1) is 0 Å².